The number of aromatic nitrogens is 4. The molecular weight excluding hydrogens is 395 g/mol. The number of nitrogens with zero attached hydrogens (tertiary/aromatic N) is 4. The molecule has 4 rings (SSSR count). The van der Waals surface area contributed by atoms with Gasteiger partial charge in [-0.1, -0.05) is 30.8 Å². The summed E-state index contributed by atoms with van der Waals surface area (Å²) in [5.74, 6) is 1.37. The zero-order valence-electron chi connectivity index (χ0n) is 17.8. The first-order valence-electron chi connectivity index (χ1n) is 10.6. The highest BCUT2D eigenvalue weighted by molar-refractivity contribution is 5.37. The number of para-hydroxylation sites is 1. The number of ether oxygens (including phenoxy) is 1. The first-order chi connectivity index (χ1) is 15.2. The molecule has 3 aromatic rings. The zero-order valence-corrected chi connectivity index (χ0v) is 17.8. The summed E-state index contributed by atoms with van der Waals surface area (Å²) in [5, 5.41) is 12.7. The summed E-state index contributed by atoms with van der Waals surface area (Å²) in [6, 6.07) is 14.5. The first-order valence-corrected chi connectivity index (χ1v) is 10.6. The maximum Gasteiger partial charge on any atom is 0.214 e. The quantitative estimate of drug-likeness (QED) is 0.497. The van der Waals surface area contributed by atoms with Crippen LogP contribution in [0.3, 0.4) is 0 Å². The second-order valence-corrected chi connectivity index (χ2v) is 7.90. The Labute approximate surface area is 181 Å². The number of nitrogens with one attached hydrogen (secondary N) is 2. The van der Waals surface area contributed by atoms with Crippen LogP contribution in [-0.4, -0.2) is 60.0 Å². The summed E-state index contributed by atoms with van der Waals surface area (Å²) in [7, 11) is 1.69. The molecule has 2 aromatic carbocycles. The highest BCUT2D eigenvalue weighted by atomic mass is 19.1. The number of piperazine rings is 1. The lowest BCUT2D eigenvalue weighted by molar-refractivity contribution is -1.02. The van der Waals surface area contributed by atoms with Crippen LogP contribution >= 0.6 is 0 Å². The van der Waals surface area contributed by atoms with Crippen LogP contribution in [0.1, 0.15) is 23.0 Å². The van der Waals surface area contributed by atoms with E-state index in [-0.39, 0.29) is 11.9 Å². The standard InChI is InChI=1S/C23H27FN6O/c1-3-12-28-13-15-29(16-14-28)22(20-6-4-5-7-21(20)31-2)23-25-26-27-30(23)17-18-8-10-19(24)11-9-18/h3-11,22H,1,12-17H2,2H3/p+2/t22-/m1/s1. The number of hydrogen-bond donors (Lipinski definition) is 2. The van der Waals surface area contributed by atoms with Gasteiger partial charge in [0.1, 0.15) is 37.7 Å². The molecule has 8 heteroatoms. The Morgan fingerprint density at radius 1 is 1.13 bits per heavy atom. The average molecular weight is 425 g/mol. The summed E-state index contributed by atoms with van der Waals surface area (Å²) in [5.41, 5.74) is 2.02. The third-order valence-electron chi connectivity index (χ3n) is 5.95. The van der Waals surface area contributed by atoms with E-state index in [0.29, 0.717) is 6.54 Å². The fraction of sp³-hybridized carbons (Fsp3) is 0.348. The number of methoxy groups -OCH3 is 1. The molecule has 0 unspecified atom stereocenters. The maximum absolute atomic E-state index is 13.3. The van der Waals surface area contributed by atoms with E-state index in [1.807, 2.05) is 29.0 Å². The van der Waals surface area contributed by atoms with Crippen LogP contribution in [0.4, 0.5) is 4.39 Å². The van der Waals surface area contributed by atoms with Gasteiger partial charge in [-0.25, -0.2) is 9.07 Å². The van der Waals surface area contributed by atoms with Gasteiger partial charge < -0.3 is 14.5 Å². The van der Waals surface area contributed by atoms with Crippen molar-refractivity contribution in [2.45, 2.75) is 12.6 Å². The average Bonchev–Trinajstić information content (AvgIpc) is 3.25. The van der Waals surface area contributed by atoms with E-state index in [4.69, 9.17) is 4.74 Å². The van der Waals surface area contributed by atoms with Gasteiger partial charge in [0.2, 0.25) is 5.82 Å². The van der Waals surface area contributed by atoms with Gasteiger partial charge in [-0.05, 0) is 46.3 Å². The summed E-state index contributed by atoms with van der Waals surface area (Å²) in [6.45, 7) is 9.46. The predicted molar refractivity (Wildman–Crippen MR) is 115 cm³/mol. The SMILES string of the molecule is C=CC[NH+]1CC[NH+]([C@H](c2ccccc2OC)c2nnnn2Cc2ccc(F)cc2)CC1. The number of halogens is 1. The Kier molecular flexibility index (Phi) is 6.69. The predicted octanol–water partition coefficient (Wildman–Crippen LogP) is -0.0721. The number of benzene rings is 2. The lowest BCUT2D eigenvalue weighted by Gasteiger charge is -2.34. The van der Waals surface area contributed by atoms with Crippen molar-refractivity contribution in [2.75, 3.05) is 39.8 Å². The monoisotopic (exact) mass is 424 g/mol. The van der Waals surface area contributed by atoms with Gasteiger partial charge in [0.05, 0.1) is 25.8 Å². The van der Waals surface area contributed by atoms with E-state index < -0.39 is 0 Å². The normalized spacial score (nSPS) is 19.7. The number of tetrazole rings is 1. The smallest absolute Gasteiger partial charge is 0.214 e. The first kappa shape index (κ1) is 21.1. The molecule has 0 aliphatic carbocycles. The molecule has 1 aliphatic rings. The van der Waals surface area contributed by atoms with Crippen molar-refractivity contribution >= 4 is 0 Å². The van der Waals surface area contributed by atoms with Crippen molar-refractivity contribution in [1.82, 2.24) is 20.2 Å². The number of hydrogen-bond acceptors (Lipinski definition) is 4. The summed E-state index contributed by atoms with van der Waals surface area (Å²) in [6.07, 6.45) is 1.99. The lowest BCUT2D eigenvalue weighted by Crippen LogP contribution is -3.28. The summed E-state index contributed by atoms with van der Waals surface area (Å²) in [4.78, 5) is 2.95. The van der Waals surface area contributed by atoms with Crippen LogP contribution < -0.4 is 14.5 Å². The maximum atomic E-state index is 13.3. The Morgan fingerprint density at radius 3 is 2.58 bits per heavy atom. The van der Waals surface area contributed by atoms with Crippen molar-refractivity contribution in [3.63, 3.8) is 0 Å². The molecule has 0 radical (unpaired) electrons. The molecule has 1 aliphatic heterocycles. The molecule has 2 heterocycles. The van der Waals surface area contributed by atoms with Crippen LogP contribution in [0.5, 0.6) is 5.75 Å². The van der Waals surface area contributed by atoms with Gasteiger partial charge in [0, 0.05) is 0 Å². The van der Waals surface area contributed by atoms with Crippen molar-refractivity contribution in [3.8, 4) is 5.75 Å². The zero-order chi connectivity index (χ0) is 21.6. The van der Waals surface area contributed by atoms with E-state index in [9.17, 15) is 4.39 Å². The molecule has 2 N–H and O–H groups in total. The molecule has 31 heavy (non-hydrogen) atoms. The minimum absolute atomic E-state index is 0.0584. The lowest BCUT2D eigenvalue weighted by atomic mass is 10.0. The van der Waals surface area contributed by atoms with Crippen molar-refractivity contribution < 1.29 is 18.9 Å². The number of rotatable bonds is 8. The Morgan fingerprint density at radius 2 is 1.87 bits per heavy atom. The highest BCUT2D eigenvalue weighted by Crippen LogP contribution is 2.27. The molecule has 0 saturated carbocycles. The third kappa shape index (κ3) is 4.81. The molecule has 1 fully saturated rings. The Hall–Kier alpha value is -3.10. The Bertz CT molecular complexity index is 997. The van der Waals surface area contributed by atoms with Crippen LogP contribution in [0, 0.1) is 5.82 Å². The second kappa shape index (κ2) is 9.80. The van der Waals surface area contributed by atoms with Crippen molar-refractivity contribution in [1.29, 1.82) is 0 Å². The van der Waals surface area contributed by atoms with Gasteiger partial charge in [-0.2, -0.15) is 0 Å². The van der Waals surface area contributed by atoms with Crippen LogP contribution in [0.2, 0.25) is 0 Å². The van der Waals surface area contributed by atoms with E-state index in [2.05, 4.69) is 28.2 Å². The molecular formula is C23H29FN6O+2. The molecule has 1 saturated heterocycles. The van der Waals surface area contributed by atoms with Crippen molar-refractivity contribution in [3.05, 3.63) is 84.0 Å². The topological polar surface area (TPSA) is 61.7 Å². The third-order valence-corrected chi connectivity index (χ3v) is 5.95. The molecule has 162 valence electrons. The molecule has 0 spiro atoms. The number of quaternary nitrogens is 2. The van der Waals surface area contributed by atoms with Crippen molar-refractivity contribution in [2.24, 2.45) is 0 Å². The molecule has 1 aromatic heterocycles. The van der Waals surface area contributed by atoms with E-state index in [1.54, 1.807) is 24.1 Å². The molecule has 0 amide bonds. The van der Waals surface area contributed by atoms with Gasteiger partial charge in [-0.3, -0.25) is 0 Å². The Balaban J connectivity index is 1.68. The van der Waals surface area contributed by atoms with Gasteiger partial charge >= 0.3 is 0 Å². The van der Waals surface area contributed by atoms with Crippen LogP contribution in [-0.2, 0) is 6.54 Å². The van der Waals surface area contributed by atoms with E-state index >= 15 is 0 Å². The molecule has 1 atom stereocenters. The van der Waals surface area contributed by atoms with Crippen LogP contribution in [0.25, 0.3) is 0 Å². The highest BCUT2D eigenvalue weighted by Gasteiger charge is 2.37. The fourth-order valence-corrected chi connectivity index (χ4v) is 4.36. The van der Waals surface area contributed by atoms with Crippen LogP contribution in [0.15, 0.2) is 61.2 Å². The largest absolute Gasteiger partial charge is 0.496 e. The van der Waals surface area contributed by atoms with E-state index in [1.165, 1.54) is 17.0 Å². The minimum Gasteiger partial charge on any atom is -0.496 e. The second-order valence-electron chi connectivity index (χ2n) is 7.90. The molecule has 7 nitrogen and oxygen atoms in total. The van der Waals surface area contributed by atoms with Gasteiger partial charge in [0.25, 0.3) is 0 Å². The summed E-state index contributed by atoms with van der Waals surface area (Å²) < 4.78 is 20.8. The van der Waals surface area contributed by atoms with E-state index in [0.717, 1.165) is 55.4 Å². The summed E-state index contributed by atoms with van der Waals surface area (Å²) >= 11 is 0. The van der Waals surface area contributed by atoms with Gasteiger partial charge in [-0.15, -0.1) is 5.10 Å². The minimum atomic E-state index is -0.253. The van der Waals surface area contributed by atoms with Gasteiger partial charge in [0.15, 0.2) is 6.04 Å². The fourth-order valence-electron chi connectivity index (χ4n) is 4.36. The molecule has 0 bridgehead atoms.